The molecular formula is C24H28ClF2N3O. The van der Waals surface area contributed by atoms with E-state index in [2.05, 4.69) is 15.1 Å². The first-order valence-electron chi connectivity index (χ1n) is 10.8. The Kier molecular flexibility index (Phi) is 6.60. The SMILES string of the molecule is Cc1c(Cl)cccc1NC(=O)CN1CCC2(CCCN2Cc2ccc(F)c(F)c2)CC1. The van der Waals surface area contributed by atoms with Crippen molar-refractivity contribution in [3.8, 4) is 0 Å². The second-order valence-corrected chi connectivity index (χ2v) is 9.14. The Balaban J connectivity index is 1.33. The third-order valence-corrected chi connectivity index (χ3v) is 7.20. The number of anilines is 1. The summed E-state index contributed by atoms with van der Waals surface area (Å²) in [4.78, 5) is 17.2. The highest BCUT2D eigenvalue weighted by atomic mass is 35.5. The Hall–Kier alpha value is -2.02. The van der Waals surface area contributed by atoms with Gasteiger partial charge in [0.05, 0.1) is 6.54 Å². The molecular weight excluding hydrogens is 420 g/mol. The van der Waals surface area contributed by atoms with Gasteiger partial charge in [0.15, 0.2) is 11.6 Å². The Morgan fingerprint density at radius 2 is 1.87 bits per heavy atom. The summed E-state index contributed by atoms with van der Waals surface area (Å²) in [5, 5.41) is 3.61. The highest BCUT2D eigenvalue weighted by molar-refractivity contribution is 6.31. The van der Waals surface area contributed by atoms with Crippen LogP contribution >= 0.6 is 11.6 Å². The van der Waals surface area contributed by atoms with Crippen LogP contribution < -0.4 is 5.32 Å². The van der Waals surface area contributed by atoms with Crippen LogP contribution in [0.5, 0.6) is 0 Å². The van der Waals surface area contributed by atoms with E-state index in [1.165, 1.54) is 12.1 Å². The van der Waals surface area contributed by atoms with E-state index in [1.54, 1.807) is 6.07 Å². The second kappa shape index (κ2) is 9.23. The first-order chi connectivity index (χ1) is 14.9. The number of rotatable bonds is 5. The number of piperidine rings is 1. The lowest BCUT2D eigenvalue weighted by atomic mass is 9.84. The van der Waals surface area contributed by atoms with E-state index in [0.717, 1.165) is 62.1 Å². The quantitative estimate of drug-likeness (QED) is 0.701. The number of benzene rings is 2. The summed E-state index contributed by atoms with van der Waals surface area (Å²) < 4.78 is 26.9. The zero-order chi connectivity index (χ0) is 22.0. The van der Waals surface area contributed by atoms with E-state index in [9.17, 15) is 13.6 Å². The van der Waals surface area contributed by atoms with Crippen molar-refractivity contribution in [1.29, 1.82) is 0 Å². The van der Waals surface area contributed by atoms with Gasteiger partial charge in [0, 0.05) is 35.9 Å². The van der Waals surface area contributed by atoms with Crippen molar-refractivity contribution in [3.05, 3.63) is 64.2 Å². The van der Waals surface area contributed by atoms with Crippen molar-refractivity contribution in [2.75, 3.05) is 31.5 Å². The fourth-order valence-electron chi connectivity index (χ4n) is 4.93. The van der Waals surface area contributed by atoms with Crippen molar-refractivity contribution >= 4 is 23.2 Å². The fourth-order valence-corrected chi connectivity index (χ4v) is 5.10. The van der Waals surface area contributed by atoms with Gasteiger partial charge >= 0.3 is 0 Å². The third-order valence-electron chi connectivity index (χ3n) is 6.79. The fraction of sp³-hybridized carbons (Fsp3) is 0.458. The molecule has 0 radical (unpaired) electrons. The van der Waals surface area contributed by atoms with Crippen LogP contribution in [0.15, 0.2) is 36.4 Å². The molecule has 2 aromatic rings. The number of carbonyl (C=O) groups is 1. The number of halogens is 3. The van der Waals surface area contributed by atoms with Gasteiger partial charge in [-0.05, 0) is 74.5 Å². The predicted molar refractivity (Wildman–Crippen MR) is 119 cm³/mol. The summed E-state index contributed by atoms with van der Waals surface area (Å²) >= 11 is 6.14. The lowest BCUT2D eigenvalue weighted by molar-refractivity contribution is -0.118. The summed E-state index contributed by atoms with van der Waals surface area (Å²) in [6, 6.07) is 9.68. The van der Waals surface area contributed by atoms with E-state index in [-0.39, 0.29) is 11.4 Å². The molecule has 4 rings (SSSR count). The number of nitrogens with one attached hydrogen (secondary N) is 1. The van der Waals surface area contributed by atoms with Crippen LogP contribution in [0.1, 0.15) is 36.8 Å². The average Bonchev–Trinajstić information content (AvgIpc) is 3.12. The number of likely N-dealkylation sites (tertiary alicyclic amines) is 2. The maximum Gasteiger partial charge on any atom is 0.238 e. The molecule has 2 aliphatic heterocycles. The van der Waals surface area contributed by atoms with Crippen LogP contribution in [-0.2, 0) is 11.3 Å². The molecule has 4 nitrogen and oxygen atoms in total. The van der Waals surface area contributed by atoms with Gasteiger partial charge < -0.3 is 5.32 Å². The van der Waals surface area contributed by atoms with Gasteiger partial charge in [-0.3, -0.25) is 14.6 Å². The van der Waals surface area contributed by atoms with Gasteiger partial charge in [-0.15, -0.1) is 0 Å². The largest absolute Gasteiger partial charge is 0.325 e. The molecule has 7 heteroatoms. The first kappa shape index (κ1) is 22.2. The molecule has 166 valence electrons. The van der Waals surface area contributed by atoms with Gasteiger partial charge in [-0.2, -0.15) is 0 Å². The lowest BCUT2D eigenvalue weighted by Gasteiger charge is -2.45. The summed E-state index contributed by atoms with van der Waals surface area (Å²) in [5.74, 6) is -1.63. The molecule has 0 saturated carbocycles. The van der Waals surface area contributed by atoms with Crippen molar-refractivity contribution in [1.82, 2.24) is 9.80 Å². The van der Waals surface area contributed by atoms with E-state index >= 15 is 0 Å². The monoisotopic (exact) mass is 447 g/mol. The predicted octanol–water partition coefficient (Wildman–Crippen LogP) is 5.00. The molecule has 2 aromatic carbocycles. The molecule has 0 bridgehead atoms. The Labute approximate surface area is 187 Å². The second-order valence-electron chi connectivity index (χ2n) is 8.73. The molecule has 0 aromatic heterocycles. The molecule has 0 aliphatic carbocycles. The minimum absolute atomic E-state index is 0.0358. The Morgan fingerprint density at radius 1 is 1.10 bits per heavy atom. The maximum absolute atomic E-state index is 13.6. The summed E-state index contributed by atoms with van der Waals surface area (Å²) in [7, 11) is 0. The number of nitrogens with zero attached hydrogens (tertiary/aromatic N) is 2. The number of amides is 1. The van der Waals surface area contributed by atoms with Crippen molar-refractivity contribution in [2.45, 2.75) is 44.7 Å². The van der Waals surface area contributed by atoms with Crippen molar-refractivity contribution < 1.29 is 13.6 Å². The van der Waals surface area contributed by atoms with Gasteiger partial charge in [0.2, 0.25) is 5.91 Å². The average molecular weight is 448 g/mol. The van der Waals surface area contributed by atoms with E-state index in [4.69, 9.17) is 11.6 Å². The molecule has 1 N–H and O–H groups in total. The smallest absolute Gasteiger partial charge is 0.238 e. The Morgan fingerprint density at radius 3 is 2.61 bits per heavy atom. The number of hydrogen-bond acceptors (Lipinski definition) is 3. The van der Waals surface area contributed by atoms with Gasteiger partial charge in [-0.1, -0.05) is 23.7 Å². The topological polar surface area (TPSA) is 35.6 Å². The minimum atomic E-state index is -0.806. The van der Waals surface area contributed by atoms with Crippen LogP contribution in [0.25, 0.3) is 0 Å². The minimum Gasteiger partial charge on any atom is -0.325 e. The molecule has 0 atom stereocenters. The van der Waals surface area contributed by atoms with Crippen molar-refractivity contribution in [3.63, 3.8) is 0 Å². The molecule has 2 heterocycles. The molecule has 1 amide bonds. The van der Waals surface area contributed by atoms with E-state index in [0.29, 0.717) is 18.1 Å². The number of carbonyl (C=O) groups excluding carboxylic acids is 1. The molecule has 2 saturated heterocycles. The molecule has 1 spiro atoms. The zero-order valence-corrected chi connectivity index (χ0v) is 18.5. The zero-order valence-electron chi connectivity index (χ0n) is 17.8. The molecule has 2 aliphatic rings. The number of hydrogen-bond donors (Lipinski definition) is 1. The van der Waals surface area contributed by atoms with E-state index in [1.807, 2.05) is 25.1 Å². The summed E-state index contributed by atoms with van der Waals surface area (Å²) in [6.07, 6.45) is 4.16. The van der Waals surface area contributed by atoms with Gasteiger partial charge in [0.1, 0.15) is 0 Å². The van der Waals surface area contributed by atoms with Crippen LogP contribution in [-0.4, -0.2) is 47.4 Å². The molecule has 0 unspecified atom stereocenters. The summed E-state index contributed by atoms with van der Waals surface area (Å²) in [6.45, 7) is 5.53. The maximum atomic E-state index is 13.6. The first-order valence-corrected chi connectivity index (χ1v) is 11.2. The third kappa shape index (κ3) is 4.92. The molecule has 31 heavy (non-hydrogen) atoms. The van der Waals surface area contributed by atoms with Crippen LogP contribution in [0.4, 0.5) is 14.5 Å². The van der Waals surface area contributed by atoms with E-state index < -0.39 is 11.6 Å². The van der Waals surface area contributed by atoms with Gasteiger partial charge in [-0.25, -0.2) is 8.78 Å². The van der Waals surface area contributed by atoms with Gasteiger partial charge in [0.25, 0.3) is 0 Å². The van der Waals surface area contributed by atoms with Crippen molar-refractivity contribution in [2.24, 2.45) is 0 Å². The standard InChI is InChI=1S/C24H28ClF2N3O/c1-17-19(25)4-2-5-22(17)28-23(31)16-29-12-9-24(10-13-29)8-3-11-30(24)15-18-6-7-20(26)21(27)14-18/h2,4-7,14H,3,8-13,15-16H2,1H3,(H,28,31). The summed E-state index contributed by atoms with van der Waals surface area (Å²) in [5.41, 5.74) is 2.51. The molecule has 2 fully saturated rings. The lowest BCUT2D eigenvalue weighted by Crippen LogP contribution is -2.52. The Bertz CT molecular complexity index is 960. The van der Waals surface area contributed by atoms with Crippen LogP contribution in [0, 0.1) is 18.6 Å². The normalized spacial score (nSPS) is 19.1. The highest BCUT2D eigenvalue weighted by Gasteiger charge is 2.43. The highest BCUT2D eigenvalue weighted by Crippen LogP contribution is 2.39. The van der Waals surface area contributed by atoms with Crippen LogP contribution in [0.3, 0.4) is 0 Å². The van der Waals surface area contributed by atoms with Crippen LogP contribution in [0.2, 0.25) is 5.02 Å².